The quantitative estimate of drug-likeness (QED) is 0.806. The Morgan fingerprint density at radius 1 is 1.63 bits per heavy atom. The van der Waals surface area contributed by atoms with Crippen LogP contribution in [0.4, 0.5) is 5.69 Å². The summed E-state index contributed by atoms with van der Waals surface area (Å²) in [6.07, 6.45) is 6.60. The summed E-state index contributed by atoms with van der Waals surface area (Å²) in [6.45, 7) is 4.66. The van der Waals surface area contributed by atoms with Crippen molar-refractivity contribution in [2.24, 2.45) is 5.92 Å². The van der Waals surface area contributed by atoms with E-state index in [0.29, 0.717) is 12.3 Å². The van der Waals surface area contributed by atoms with Crippen molar-refractivity contribution in [1.82, 2.24) is 9.78 Å². The minimum atomic E-state index is -0.327. The van der Waals surface area contributed by atoms with Crippen molar-refractivity contribution in [2.75, 3.05) is 19.0 Å². The van der Waals surface area contributed by atoms with Crippen LogP contribution in [0, 0.1) is 18.3 Å². The molecule has 0 aromatic carbocycles. The van der Waals surface area contributed by atoms with Crippen LogP contribution in [-0.2, 0) is 11.3 Å². The Bertz CT molecular complexity index is 520. The zero-order chi connectivity index (χ0) is 14.4. The van der Waals surface area contributed by atoms with Crippen LogP contribution in [0.2, 0.25) is 5.02 Å². The van der Waals surface area contributed by atoms with Crippen LogP contribution in [0.5, 0.6) is 0 Å². The predicted octanol–water partition coefficient (Wildman–Crippen LogP) is 1.61. The molecule has 104 valence electrons. The highest BCUT2D eigenvalue weighted by atomic mass is 35.5. The maximum atomic E-state index is 12.2. The van der Waals surface area contributed by atoms with E-state index in [2.05, 4.69) is 16.3 Å². The fourth-order valence-corrected chi connectivity index (χ4v) is 1.74. The van der Waals surface area contributed by atoms with Crippen LogP contribution in [-0.4, -0.2) is 29.5 Å². The van der Waals surface area contributed by atoms with Crippen LogP contribution in [0.1, 0.15) is 13.8 Å². The second-order valence-corrected chi connectivity index (χ2v) is 4.89. The number of nitrogens with one attached hydrogen (secondary N) is 1. The van der Waals surface area contributed by atoms with E-state index in [4.69, 9.17) is 22.8 Å². The van der Waals surface area contributed by atoms with Gasteiger partial charge in [0.1, 0.15) is 12.2 Å². The zero-order valence-corrected chi connectivity index (χ0v) is 12.1. The monoisotopic (exact) mass is 283 g/mol. The molecule has 1 aromatic rings. The minimum Gasteiger partial charge on any atom is -0.383 e. The molecule has 6 heteroatoms. The number of methoxy groups -OCH3 is 1. The molecule has 0 aliphatic carbocycles. The van der Waals surface area contributed by atoms with E-state index in [-0.39, 0.29) is 29.1 Å². The number of halogens is 1. The maximum absolute atomic E-state index is 12.2. The van der Waals surface area contributed by atoms with Gasteiger partial charge in [-0.15, -0.1) is 6.42 Å². The van der Waals surface area contributed by atoms with Crippen molar-refractivity contribution in [1.29, 1.82) is 0 Å². The molecule has 0 saturated carbocycles. The van der Waals surface area contributed by atoms with Crippen LogP contribution in [0.25, 0.3) is 0 Å². The molecule has 0 saturated heterocycles. The molecule has 1 heterocycles. The molecule has 0 aliphatic heterocycles. The largest absolute Gasteiger partial charge is 0.383 e. The van der Waals surface area contributed by atoms with Crippen molar-refractivity contribution < 1.29 is 4.74 Å². The number of terminal acetylenes is 1. The van der Waals surface area contributed by atoms with Crippen molar-refractivity contribution in [3.8, 4) is 12.3 Å². The average Bonchev–Trinajstić information content (AvgIpc) is 2.36. The summed E-state index contributed by atoms with van der Waals surface area (Å²) in [5.74, 6) is 2.66. The first-order valence-electron chi connectivity index (χ1n) is 5.95. The lowest BCUT2D eigenvalue weighted by atomic mass is 10.1. The Kier molecular flexibility index (Phi) is 5.87. The van der Waals surface area contributed by atoms with Gasteiger partial charge in [-0.05, 0) is 5.92 Å². The van der Waals surface area contributed by atoms with Gasteiger partial charge in [0, 0.05) is 7.11 Å². The summed E-state index contributed by atoms with van der Waals surface area (Å²) in [5.41, 5.74) is -0.0186. The number of anilines is 1. The Hall–Kier alpha value is -1.51. The van der Waals surface area contributed by atoms with Gasteiger partial charge in [-0.2, -0.15) is 5.10 Å². The van der Waals surface area contributed by atoms with Crippen LogP contribution < -0.4 is 10.9 Å². The molecule has 0 spiro atoms. The van der Waals surface area contributed by atoms with E-state index in [1.807, 2.05) is 13.8 Å². The Balaban J connectivity index is 3.09. The van der Waals surface area contributed by atoms with Gasteiger partial charge in [0.05, 0.1) is 23.9 Å². The van der Waals surface area contributed by atoms with E-state index in [1.54, 1.807) is 7.11 Å². The zero-order valence-electron chi connectivity index (χ0n) is 11.3. The van der Waals surface area contributed by atoms with Crippen molar-refractivity contribution >= 4 is 17.3 Å². The summed E-state index contributed by atoms with van der Waals surface area (Å²) >= 11 is 6.02. The highest BCUT2D eigenvalue weighted by Crippen LogP contribution is 2.18. The highest BCUT2D eigenvalue weighted by Gasteiger charge is 2.17. The number of ether oxygens (including phenoxy) is 1. The molecule has 0 fully saturated rings. The normalized spacial score (nSPS) is 12.2. The highest BCUT2D eigenvalue weighted by molar-refractivity contribution is 6.33. The Morgan fingerprint density at radius 2 is 2.32 bits per heavy atom. The van der Waals surface area contributed by atoms with Crippen LogP contribution in [0.3, 0.4) is 0 Å². The smallest absolute Gasteiger partial charge is 0.292 e. The van der Waals surface area contributed by atoms with Crippen LogP contribution >= 0.6 is 11.6 Å². The predicted molar refractivity (Wildman–Crippen MR) is 76.5 cm³/mol. The molecular weight excluding hydrogens is 266 g/mol. The summed E-state index contributed by atoms with van der Waals surface area (Å²) in [5, 5.41) is 7.28. The maximum Gasteiger partial charge on any atom is 0.292 e. The van der Waals surface area contributed by atoms with Gasteiger partial charge in [-0.3, -0.25) is 4.79 Å². The molecule has 5 nitrogen and oxygen atoms in total. The van der Waals surface area contributed by atoms with Crippen LogP contribution in [0.15, 0.2) is 11.0 Å². The fourth-order valence-electron chi connectivity index (χ4n) is 1.56. The van der Waals surface area contributed by atoms with Crippen molar-refractivity contribution in [3.63, 3.8) is 0 Å². The molecule has 1 aromatic heterocycles. The number of hydrogen-bond donors (Lipinski definition) is 1. The molecule has 0 amide bonds. The number of nitrogens with zero attached hydrogens (tertiary/aromatic N) is 2. The Labute approximate surface area is 117 Å². The van der Waals surface area contributed by atoms with Gasteiger partial charge >= 0.3 is 0 Å². The second kappa shape index (κ2) is 7.17. The molecule has 0 radical (unpaired) electrons. The standard InChI is InChI=1S/C13H18ClN3O2/c1-5-6-17-13(18)12(10(14)7-15-17)16-11(8-19-4)9(2)3/h1,7,9,11,16H,6,8H2,2-4H3. The molecule has 0 aliphatic rings. The molecule has 1 N–H and O–H groups in total. The van der Waals surface area contributed by atoms with Gasteiger partial charge in [0.25, 0.3) is 5.56 Å². The molecule has 1 unspecified atom stereocenters. The van der Waals surface area contributed by atoms with Gasteiger partial charge in [0.2, 0.25) is 0 Å². The molecular formula is C13H18ClN3O2. The van der Waals surface area contributed by atoms with E-state index in [9.17, 15) is 4.79 Å². The SMILES string of the molecule is C#CCn1ncc(Cl)c(NC(COC)C(C)C)c1=O. The summed E-state index contributed by atoms with van der Waals surface area (Å²) in [4.78, 5) is 12.2. The molecule has 0 bridgehead atoms. The second-order valence-electron chi connectivity index (χ2n) is 4.48. The first kappa shape index (κ1) is 15.5. The van der Waals surface area contributed by atoms with Gasteiger partial charge < -0.3 is 10.1 Å². The minimum absolute atomic E-state index is 0.0168. The number of hydrogen-bond acceptors (Lipinski definition) is 4. The third-order valence-corrected chi connectivity index (χ3v) is 3.01. The van der Waals surface area contributed by atoms with Gasteiger partial charge in [0.15, 0.2) is 0 Å². The van der Waals surface area contributed by atoms with E-state index >= 15 is 0 Å². The van der Waals surface area contributed by atoms with E-state index in [1.165, 1.54) is 10.9 Å². The molecule has 1 atom stereocenters. The van der Waals surface area contributed by atoms with E-state index in [0.717, 1.165) is 0 Å². The van der Waals surface area contributed by atoms with Crippen molar-refractivity contribution in [3.05, 3.63) is 21.6 Å². The molecule has 19 heavy (non-hydrogen) atoms. The molecule has 1 rings (SSSR count). The summed E-state index contributed by atoms with van der Waals surface area (Å²) in [7, 11) is 1.61. The van der Waals surface area contributed by atoms with E-state index < -0.39 is 0 Å². The lowest BCUT2D eigenvalue weighted by Crippen LogP contribution is -2.35. The first-order chi connectivity index (χ1) is 9.01. The van der Waals surface area contributed by atoms with Crippen molar-refractivity contribution in [2.45, 2.75) is 26.4 Å². The summed E-state index contributed by atoms with van der Waals surface area (Å²) in [6, 6.07) is -0.0168. The third kappa shape index (κ3) is 3.98. The van der Waals surface area contributed by atoms with Gasteiger partial charge in [-0.1, -0.05) is 31.4 Å². The topological polar surface area (TPSA) is 56.1 Å². The number of rotatable bonds is 6. The number of aromatic nitrogens is 2. The lowest BCUT2D eigenvalue weighted by Gasteiger charge is -2.23. The summed E-state index contributed by atoms with van der Waals surface area (Å²) < 4.78 is 6.33. The van der Waals surface area contributed by atoms with Gasteiger partial charge in [-0.25, -0.2) is 4.68 Å². The Morgan fingerprint density at radius 3 is 2.84 bits per heavy atom. The lowest BCUT2D eigenvalue weighted by molar-refractivity contribution is 0.171. The fraction of sp³-hybridized carbons (Fsp3) is 0.538. The average molecular weight is 284 g/mol. The first-order valence-corrected chi connectivity index (χ1v) is 6.33. The third-order valence-electron chi connectivity index (χ3n) is 2.72.